The average molecular weight is 329 g/mol. The van der Waals surface area contributed by atoms with Crippen LogP contribution in [0.3, 0.4) is 0 Å². The lowest BCUT2D eigenvalue weighted by Crippen LogP contribution is -2.39. The highest BCUT2D eigenvalue weighted by Crippen LogP contribution is 2.38. The lowest BCUT2D eigenvalue weighted by Gasteiger charge is -2.32. The minimum Gasteiger partial charge on any atom is -0.342 e. The van der Waals surface area contributed by atoms with Crippen LogP contribution in [0.2, 0.25) is 0 Å². The Balaban J connectivity index is 1.24. The monoisotopic (exact) mass is 329 g/mol. The molecule has 128 valence electrons. The fourth-order valence-electron chi connectivity index (χ4n) is 3.38. The topological polar surface area (TPSA) is 87.9 Å². The molecule has 4 rings (SSSR count). The van der Waals surface area contributed by atoms with Crippen LogP contribution in [-0.2, 0) is 11.2 Å². The summed E-state index contributed by atoms with van der Waals surface area (Å²) in [5, 5.41) is 11.1. The van der Waals surface area contributed by atoms with E-state index in [0.717, 1.165) is 43.9 Å². The summed E-state index contributed by atoms with van der Waals surface area (Å²) in [5.41, 5.74) is 1.13. The Labute approximate surface area is 140 Å². The molecule has 1 amide bonds. The number of likely N-dealkylation sites (tertiary alicyclic amines) is 1. The van der Waals surface area contributed by atoms with E-state index >= 15 is 0 Å². The molecule has 1 aliphatic carbocycles. The van der Waals surface area contributed by atoms with Gasteiger partial charge in [-0.2, -0.15) is 10.1 Å². The first-order chi connectivity index (χ1) is 11.8. The van der Waals surface area contributed by atoms with E-state index in [1.54, 1.807) is 6.20 Å². The Morgan fingerprint density at radius 1 is 1.33 bits per heavy atom. The van der Waals surface area contributed by atoms with E-state index in [4.69, 9.17) is 4.52 Å². The van der Waals surface area contributed by atoms with Crippen LogP contribution in [0.4, 0.5) is 0 Å². The molecule has 1 saturated heterocycles. The van der Waals surface area contributed by atoms with Gasteiger partial charge in [0.25, 0.3) is 0 Å². The number of carbonyl (C=O) groups is 1. The molecular formula is C17H23N5O2. The zero-order valence-electron chi connectivity index (χ0n) is 13.8. The Kier molecular flexibility index (Phi) is 4.32. The number of nitrogens with zero attached hydrogens (tertiary/aromatic N) is 4. The van der Waals surface area contributed by atoms with Crippen LogP contribution in [0.1, 0.15) is 67.8 Å². The highest BCUT2D eigenvalue weighted by molar-refractivity contribution is 5.76. The van der Waals surface area contributed by atoms with Crippen molar-refractivity contribution in [1.82, 2.24) is 25.2 Å². The molecule has 2 aromatic heterocycles. The number of H-pyrrole nitrogens is 1. The molecule has 2 aliphatic rings. The minimum atomic E-state index is 0.223. The number of aryl methyl sites for hydroxylation is 1. The molecule has 1 N–H and O–H groups in total. The Morgan fingerprint density at radius 2 is 2.25 bits per heavy atom. The number of rotatable bonds is 6. The average Bonchev–Trinajstić information content (AvgIpc) is 3.12. The predicted molar refractivity (Wildman–Crippen MR) is 86.4 cm³/mol. The van der Waals surface area contributed by atoms with E-state index < -0.39 is 0 Å². The highest BCUT2D eigenvalue weighted by Gasteiger charge is 2.29. The molecule has 24 heavy (non-hydrogen) atoms. The Morgan fingerprint density at radius 3 is 3.04 bits per heavy atom. The minimum absolute atomic E-state index is 0.223. The lowest BCUT2D eigenvalue weighted by atomic mass is 9.94. The second-order valence-electron chi connectivity index (χ2n) is 6.87. The summed E-state index contributed by atoms with van der Waals surface area (Å²) in [6.07, 6.45) is 8.25. The summed E-state index contributed by atoms with van der Waals surface area (Å²) in [5.74, 6) is 2.62. The van der Waals surface area contributed by atoms with E-state index in [9.17, 15) is 4.79 Å². The van der Waals surface area contributed by atoms with Crippen LogP contribution in [-0.4, -0.2) is 44.2 Å². The summed E-state index contributed by atoms with van der Waals surface area (Å²) in [7, 11) is 0. The summed E-state index contributed by atoms with van der Waals surface area (Å²) in [6.45, 7) is 1.64. The fraction of sp³-hybridized carbons (Fsp3) is 0.647. The number of hydrogen-bond donors (Lipinski definition) is 1. The SMILES string of the molecule is O=C(CCCc1nc(C2CC2)no1)N1CCC[C@H](c2ccn[nH]2)C1. The third kappa shape index (κ3) is 3.49. The van der Waals surface area contributed by atoms with Gasteiger partial charge in [-0.15, -0.1) is 0 Å². The molecule has 0 aromatic carbocycles. The van der Waals surface area contributed by atoms with Gasteiger partial charge in [0.2, 0.25) is 11.8 Å². The van der Waals surface area contributed by atoms with Gasteiger partial charge in [0, 0.05) is 49.7 Å². The third-order valence-electron chi connectivity index (χ3n) is 4.94. The van der Waals surface area contributed by atoms with Crippen LogP contribution < -0.4 is 0 Å². The molecule has 0 radical (unpaired) electrons. The van der Waals surface area contributed by atoms with Crippen LogP contribution in [0.5, 0.6) is 0 Å². The smallest absolute Gasteiger partial charge is 0.226 e. The normalized spacial score (nSPS) is 21.2. The molecule has 1 aliphatic heterocycles. The molecule has 0 spiro atoms. The van der Waals surface area contributed by atoms with Crippen LogP contribution in [0, 0.1) is 0 Å². The quantitative estimate of drug-likeness (QED) is 0.879. The summed E-state index contributed by atoms with van der Waals surface area (Å²) in [6, 6.07) is 2.01. The number of hydrogen-bond acceptors (Lipinski definition) is 5. The van der Waals surface area contributed by atoms with Gasteiger partial charge in [-0.05, 0) is 38.2 Å². The second-order valence-corrected chi connectivity index (χ2v) is 6.87. The maximum atomic E-state index is 12.5. The van der Waals surface area contributed by atoms with Crippen LogP contribution >= 0.6 is 0 Å². The van der Waals surface area contributed by atoms with Crippen molar-refractivity contribution in [3.05, 3.63) is 29.7 Å². The van der Waals surface area contributed by atoms with Crippen LogP contribution in [0.25, 0.3) is 0 Å². The molecule has 0 unspecified atom stereocenters. The number of carbonyl (C=O) groups excluding carboxylic acids is 1. The highest BCUT2D eigenvalue weighted by atomic mass is 16.5. The van der Waals surface area contributed by atoms with Crippen molar-refractivity contribution in [2.75, 3.05) is 13.1 Å². The van der Waals surface area contributed by atoms with Crippen molar-refractivity contribution in [3.63, 3.8) is 0 Å². The van der Waals surface area contributed by atoms with Gasteiger partial charge in [-0.3, -0.25) is 9.89 Å². The third-order valence-corrected chi connectivity index (χ3v) is 4.94. The molecule has 0 bridgehead atoms. The molecular weight excluding hydrogens is 306 g/mol. The largest absolute Gasteiger partial charge is 0.342 e. The van der Waals surface area contributed by atoms with E-state index in [1.165, 1.54) is 12.8 Å². The maximum Gasteiger partial charge on any atom is 0.226 e. The fourth-order valence-corrected chi connectivity index (χ4v) is 3.38. The number of amides is 1. The standard InChI is InChI=1S/C17H23N5O2/c23-16(5-1-4-15-19-17(21-24-15)12-6-7-12)22-10-2-3-13(11-22)14-8-9-18-20-14/h8-9,12-13H,1-7,10-11H2,(H,18,20)/t13-/m0/s1. The molecule has 1 saturated carbocycles. The van der Waals surface area contributed by atoms with Gasteiger partial charge in [0.1, 0.15) is 0 Å². The van der Waals surface area contributed by atoms with Crippen molar-refractivity contribution >= 4 is 5.91 Å². The van der Waals surface area contributed by atoms with Crippen molar-refractivity contribution in [2.24, 2.45) is 0 Å². The first-order valence-corrected chi connectivity index (χ1v) is 8.89. The van der Waals surface area contributed by atoms with Crippen molar-refractivity contribution in [1.29, 1.82) is 0 Å². The predicted octanol–water partition coefficient (Wildman–Crippen LogP) is 2.40. The zero-order chi connectivity index (χ0) is 16.4. The molecule has 1 atom stereocenters. The van der Waals surface area contributed by atoms with Gasteiger partial charge < -0.3 is 9.42 Å². The number of aromatic amines is 1. The van der Waals surface area contributed by atoms with E-state index in [-0.39, 0.29) is 5.91 Å². The van der Waals surface area contributed by atoms with E-state index in [2.05, 4.69) is 20.3 Å². The summed E-state index contributed by atoms with van der Waals surface area (Å²) >= 11 is 0. The molecule has 7 heteroatoms. The zero-order valence-corrected chi connectivity index (χ0v) is 13.8. The number of piperidine rings is 1. The first-order valence-electron chi connectivity index (χ1n) is 8.89. The van der Waals surface area contributed by atoms with E-state index in [0.29, 0.717) is 30.6 Å². The molecule has 7 nitrogen and oxygen atoms in total. The first kappa shape index (κ1) is 15.4. The summed E-state index contributed by atoms with van der Waals surface area (Å²) < 4.78 is 5.26. The van der Waals surface area contributed by atoms with Gasteiger partial charge in [-0.1, -0.05) is 5.16 Å². The van der Waals surface area contributed by atoms with Gasteiger partial charge in [0.05, 0.1) is 0 Å². The lowest BCUT2D eigenvalue weighted by molar-refractivity contribution is -0.132. The molecule has 2 fully saturated rings. The second kappa shape index (κ2) is 6.75. The maximum absolute atomic E-state index is 12.5. The number of aromatic nitrogens is 4. The Bertz CT molecular complexity index is 677. The van der Waals surface area contributed by atoms with Crippen molar-refractivity contribution in [3.8, 4) is 0 Å². The Hall–Kier alpha value is -2.18. The van der Waals surface area contributed by atoms with Gasteiger partial charge in [0.15, 0.2) is 5.82 Å². The molecule has 2 aromatic rings. The summed E-state index contributed by atoms with van der Waals surface area (Å²) in [4.78, 5) is 18.9. The van der Waals surface area contributed by atoms with E-state index in [1.807, 2.05) is 11.0 Å². The molecule has 3 heterocycles. The van der Waals surface area contributed by atoms with Crippen molar-refractivity contribution < 1.29 is 9.32 Å². The van der Waals surface area contributed by atoms with Crippen molar-refractivity contribution in [2.45, 2.75) is 56.8 Å². The van der Waals surface area contributed by atoms with Crippen LogP contribution in [0.15, 0.2) is 16.8 Å². The van der Waals surface area contributed by atoms with Gasteiger partial charge in [-0.25, -0.2) is 0 Å². The number of nitrogens with one attached hydrogen (secondary N) is 1. The van der Waals surface area contributed by atoms with Gasteiger partial charge >= 0.3 is 0 Å².